The van der Waals surface area contributed by atoms with Gasteiger partial charge in [0.15, 0.2) is 0 Å². The van der Waals surface area contributed by atoms with E-state index in [2.05, 4.69) is 29.1 Å². The normalized spacial score (nSPS) is 4.83. The summed E-state index contributed by atoms with van der Waals surface area (Å²) in [4.78, 5) is 9.13. The third-order valence-electron chi connectivity index (χ3n) is 0.0630. The molecule has 2 heteroatoms. The van der Waals surface area contributed by atoms with Gasteiger partial charge < -0.3 is 4.79 Å². The second-order valence-corrected chi connectivity index (χ2v) is 0.968. The molecular weight excluding hydrogens is 144 g/mol. The lowest BCUT2D eigenvalue weighted by Gasteiger charge is -1.49. The van der Waals surface area contributed by atoms with E-state index in [1.807, 2.05) is 0 Å². The lowest BCUT2D eigenvalue weighted by molar-refractivity contribution is -0.105. The Morgan fingerprint density at radius 1 is 1.67 bits per heavy atom. The Bertz CT molecular complexity index is 28.7. The molecule has 0 heterocycles. The van der Waals surface area contributed by atoms with Gasteiger partial charge in [-0.1, -0.05) is 15.9 Å². The SMILES string of the molecule is C=C.O=CCBr. The van der Waals surface area contributed by atoms with Crippen LogP contribution in [-0.4, -0.2) is 11.6 Å². The molecule has 0 N–H and O–H groups in total. The second kappa shape index (κ2) is 20.7. The molecule has 0 aromatic rings. The lowest BCUT2D eigenvalue weighted by Crippen LogP contribution is -1.61. The van der Waals surface area contributed by atoms with Gasteiger partial charge in [-0.05, 0) is 0 Å². The Morgan fingerprint density at radius 3 is 1.83 bits per heavy atom. The number of carbonyl (C=O) groups excluding carboxylic acids is 1. The fourth-order valence-electron chi connectivity index (χ4n) is 0. The van der Waals surface area contributed by atoms with Gasteiger partial charge in [-0.3, -0.25) is 0 Å². The van der Waals surface area contributed by atoms with E-state index in [0.29, 0.717) is 5.33 Å². The summed E-state index contributed by atoms with van der Waals surface area (Å²) in [6, 6.07) is 0. The predicted molar refractivity (Wildman–Crippen MR) is 31.1 cm³/mol. The summed E-state index contributed by atoms with van der Waals surface area (Å²) >= 11 is 2.88. The first kappa shape index (κ1) is 9.31. The van der Waals surface area contributed by atoms with Crippen molar-refractivity contribution in [2.75, 3.05) is 5.33 Å². The van der Waals surface area contributed by atoms with E-state index in [-0.39, 0.29) is 0 Å². The van der Waals surface area contributed by atoms with Crippen molar-refractivity contribution in [3.8, 4) is 0 Å². The number of halogens is 1. The summed E-state index contributed by atoms with van der Waals surface area (Å²) in [7, 11) is 0. The first-order valence-corrected chi connectivity index (χ1v) is 2.53. The molecule has 0 aromatic carbocycles. The van der Waals surface area contributed by atoms with Crippen molar-refractivity contribution < 1.29 is 4.79 Å². The minimum atomic E-state index is 0.451. The van der Waals surface area contributed by atoms with Gasteiger partial charge in [-0.2, -0.15) is 0 Å². The summed E-state index contributed by atoms with van der Waals surface area (Å²) in [6.45, 7) is 6.00. The number of alkyl halides is 1. The third kappa shape index (κ3) is 41.0. The van der Waals surface area contributed by atoms with Crippen LogP contribution in [0.1, 0.15) is 0 Å². The molecule has 0 aliphatic heterocycles. The Balaban J connectivity index is 0. The highest BCUT2D eigenvalue weighted by atomic mass is 79.9. The molecule has 0 amide bonds. The van der Waals surface area contributed by atoms with Gasteiger partial charge in [0.25, 0.3) is 0 Å². The van der Waals surface area contributed by atoms with E-state index in [4.69, 9.17) is 4.79 Å². The quantitative estimate of drug-likeness (QED) is 0.314. The van der Waals surface area contributed by atoms with Crippen molar-refractivity contribution in [2.24, 2.45) is 0 Å². The van der Waals surface area contributed by atoms with Crippen LogP contribution in [0.2, 0.25) is 0 Å². The van der Waals surface area contributed by atoms with E-state index >= 15 is 0 Å². The number of hydrogen-bond acceptors (Lipinski definition) is 1. The average Bonchev–Trinajstić information content (AvgIpc) is 1.72. The fourth-order valence-corrected chi connectivity index (χ4v) is 0. The molecule has 0 aliphatic carbocycles. The Labute approximate surface area is 46.2 Å². The Hall–Kier alpha value is -0.110. The molecule has 0 saturated carbocycles. The van der Waals surface area contributed by atoms with Crippen LogP contribution in [0.5, 0.6) is 0 Å². The number of rotatable bonds is 1. The molecule has 0 fully saturated rings. The smallest absolute Gasteiger partial charge is 0.130 e. The molecule has 0 rings (SSSR count). The van der Waals surface area contributed by atoms with E-state index in [1.54, 1.807) is 0 Å². The number of aldehydes is 1. The number of hydrogen-bond donors (Lipinski definition) is 0. The molecule has 0 aromatic heterocycles. The fraction of sp³-hybridized carbons (Fsp3) is 0.250. The van der Waals surface area contributed by atoms with E-state index in [9.17, 15) is 0 Å². The zero-order chi connectivity index (χ0) is 5.41. The molecule has 0 aliphatic rings. The summed E-state index contributed by atoms with van der Waals surface area (Å²) < 4.78 is 0. The Morgan fingerprint density at radius 2 is 1.83 bits per heavy atom. The van der Waals surface area contributed by atoms with Crippen LogP contribution in [0.3, 0.4) is 0 Å². The van der Waals surface area contributed by atoms with Crippen LogP contribution < -0.4 is 0 Å². The van der Waals surface area contributed by atoms with Crippen molar-refractivity contribution in [1.29, 1.82) is 0 Å². The van der Waals surface area contributed by atoms with Gasteiger partial charge >= 0.3 is 0 Å². The largest absolute Gasteiger partial charge is 0.302 e. The second-order valence-electron chi connectivity index (χ2n) is 0.321. The van der Waals surface area contributed by atoms with Crippen molar-refractivity contribution >= 4 is 22.2 Å². The van der Waals surface area contributed by atoms with Crippen LogP contribution in [0, 0.1) is 0 Å². The molecule has 0 saturated heterocycles. The minimum absolute atomic E-state index is 0.451. The summed E-state index contributed by atoms with van der Waals surface area (Å²) in [5, 5.41) is 0.451. The first-order valence-electron chi connectivity index (χ1n) is 1.41. The average molecular weight is 151 g/mol. The highest BCUT2D eigenvalue weighted by molar-refractivity contribution is 9.09. The molecule has 36 valence electrons. The van der Waals surface area contributed by atoms with Crippen LogP contribution in [0.4, 0.5) is 0 Å². The summed E-state index contributed by atoms with van der Waals surface area (Å²) in [5.41, 5.74) is 0. The lowest BCUT2D eigenvalue weighted by atomic mass is 11.0. The van der Waals surface area contributed by atoms with Crippen LogP contribution in [0.15, 0.2) is 13.2 Å². The van der Waals surface area contributed by atoms with E-state index < -0.39 is 0 Å². The van der Waals surface area contributed by atoms with Crippen LogP contribution in [-0.2, 0) is 4.79 Å². The molecule has 0 spiro atoms. The summed E-state index contributed by atoms with van der Waals surface area (Å²) in [6.07, 6.45) is 0.792. The molecule has 0 bridgehead atoms. The maximum atomic E-state index is 9.13. The zero-order valence-corrected chi connectivity index (χ0v) is 5.07. The Kier molecular flexibility index (Phi) is 32.1. The van der Waals surface area contributed by atoms with Crippen molar-refractivity contribution in [3.05, 3.63) is 13.2 Å². The third-order valence-corrected chi connectivity index (χ3v) is 0.327. The highest BCUT2D eigenvalue weighted by Crippen LogP contribution is 1.65. The molecular formula is C4H7BrO. The van der Waals surface area contributed by atoms with Gasteiger partial charge in [-0.15, -0.1) is 13.2 Å². The van der Waals surface area contributed by atoms with Gasteiger partial charge in [0, 0.05) is 0 Å². The minimum Gasteiger partial charge on any atom is -0.302 e. The van der Waals surface area contributed by atoms with E-state index in [1.165, 1.54) is 0 Å². The topological polar surface area (TPSA) is 17.1 Å². The zero-order valence-electron chi connectivity index (χ0n) is 3.48. The van der Waals surface area contributed by atoms with Crippen molar-refractivity contribution in [3.63, 3.8) is 0 Å². The van der Waals surface area contributed by atoms with Crippen molar-refractivity contribution in [2.45, 2.75) is 0 Å². The molecule has 0 radical (unpaired) electrons. The molecule has 6 heavy (non-hydrogen) atoms. The number of carbonyl (C=O) groups is 1. The highest BCUT2D eigenvalue weighted by Gasteiger charge is 1.55. The van der Waals surface area contributed by atoms with Crippen molar-refractivity contribution in [1.82, 2.24) is 0 Å². The van der Waals surface area contributed by atoms with Gasteiger partial charge in [0.2, 0.25) is 0 Å². The maximum Gasteiger partial charge on any atom is 0.130 e. The van der Waals surface area contributed by atoms with Gasteiger partial charge in [0.05, 0.1) is 5.33 Å². The van der Waals surface area contributed by atoms with Crippen LogP contribution >= 0.6 is 15.9 Å². The molecule has 1 nitrogen and oxygen atoms in total. The standard InChI is InChI=1S/C2H3BrO.C2H4/c3-1-2-4;1-2/h2H,1H2;1-2H2. The van der Waals surface area contributed by atoms with Gasteiger partial charge in [0.1, 0.15) is 6.29 Å². The van der Waals surface area contributed by atoms with Crippen LogP contribution in [0.25, 0.3) is 0 Å². The maximum absolute atomic E-state index is 9.13. The predicted octanol–water partition coefficient (Wildman–Crippen LogP) is 1.38. The first-order chi connectivity index (χ1) is 2.91. The monoisotopic (exact) mass is 150 g/mol. The van der Waals surface area contributed by atoms with Gasteiger partial charge in [-0.25, -0.2) is 0 Å². The molecule has 0 atom stereocenters. The van der Waals surface area contributed by atoms with E-state index in [0.717, 1.165) is 6.29 Å². The summed E-state index contributed by atoms with van der Waals surface area (Å²) in [5.74, 6) is 0. The molecule has 0 unspecified atom stereocenters.